The van der Waals surface area contributed by atoms with Crippen LogP contribution < -0.4 is 5.73 Å². The number of nitrogens with zero attached hydrogens (tertiary/aromatic N) is 1. The first kappa shape index (κ1) is 11.0. The molecule has 0 saturated carbocycles. The minimum absolute atomic E-state index is 0.766. The topological polar surface area (TPSA) is 38.9 Å². The quantitative estimate of drug-likeness (QED) is 0.698. The molecule has 0 fully saturated rings. The highest BCUT2D eigenvalue weighted by Gasteiger charge is 2.06. The highest BCUT2D eigenvalue weighted by atomic mass is 32.1. The Morgan fingerprint density at radius 3 is 2.44 bits per heavy atom. The minimum Gasteiger partial charge on any atom is -0.399 e. The standard InChI is InChI=1S/C15H12N2S/c16-13-8-4-7-12(9-13)14-10-18-15(17-14)11-5-2-1-3-6-11/h1-10H,16H2. The minimum atomic E-state index is 0.766. The molecular formula is C15H12N2S. The fourth-order valence-electron chi connectivity index (χ4n) is 1.82. The smallest absolute Gasteiger partial charge is 0.124 e. The van der Waals surface area contributed by atoms with Crippen molar-refractivity contribution in [2.45, 2.75) is 0 Å². The van der Waals surface area contributed by atoms with E-state index >= 15 is 0 Å². The maximum absolute atomic E-state index is 5.79. The summed E-state index contributed by atoms with van der Waals surface area (Å²) in [6, 6.07) is 18.0. The number of nitrogen functional groups attached to an aromatic ring is 1. The van der Waals surface area contributed by atoms with E-state index < -0.39 is 0 Å². The highest BCUT2D eigenvalue weighted by molar-refractivity contribution is 7.13. The second kappa shape index (κ2) is 4.63. The largest absolute Gasteiger partial charge is 0.399 e. The van der Waals surface area contributed by atoms with Gasteiger partial charge in [-0.2, -0.15) is 0 Å². The summed E-state index contributed by atoms with van der Waals surface area (Å²) < 4.78 is 0. The normalized spacial score (nSPS) is 10.4. The zero-order chi connectivity index (χ0) is 12.4. The first-order valence-electron chi connectivity index (χ1n) is 5.70. The fraction of sp³-hybridized carbons (Fsp3) is 0. The van der Waals surface area contributed by atoms with Gasteiger partial charge in [-0.05, 0) is 12.1 Å². The van der Waals surface area contributed by atoms with Crippen LogP contribution in [0.25, 0.3) is 21.8 Å². The van der Waals surface area contributed by atoms with Gasteiger partial charge in [-0.25, -0.2) is 4.98 Å². The van der Waals surface area contributed by atoms with Crippen LogP contribution in [-0.4, -0.2) is 4.98 Å². The molecular weight excluding hydrogens is 240 g/mol. The van der Waals surface area contributed by atoms with Gasteiger partial charge in [0.15, 0.2) is 0 Å². The Labute approximate surface area is 110 Å². The third kappa shape index (κ3) is 2.13. The fourth-order valence-corrected chi connectivity index (χ4v) is 2.65. The molecule has 0 aliphatic carbocycles. The molecule has 0 aliphatic heterocycles. The molecule has 1 aromatic heterocycles. The van der Waals surface area contributed by atoms with Gasteiger partial charge in [0, 0.05) is 22.2 Å². The first-order valence-corrected chi connectivity index (χ1v) is 6.58. The first-order chi connectivity index (χ1) is 8.83. The van der Waals surface area contributed by atoms with Gasteiger partial charge in [0.2, 0.25) is 0 Å². The average molecular weight is 252 g/mol. The molecule has 0 spiro atoms. The van der Waals surface area contributed by atoms with Crippen LogP contribution in [0, 0.1) is 0 Å². The van der Waals surface area contributed by atoms with Crippen molar-refractivity contribution in [1.29, 1.82) is 0 Å². The highest BCUT2D eigenvalue weighted by Crippen LogP contribution is 2.29. The Morgan fingerprint density at radius 1 is 0.889 bits per heavy atom. The van der Waals surface area contributed by atoms with Crippen LogP contribution in [0.2, 0.25) is 0 Å². The van der Waals surface area contributed by atoms with Crippen LogP contribution in [0.4, 0.5) is 5.69 Å². The number of hydrogen-bond acceptors (Lipinski definition) is 3. The molecule has 0 saturated heterocycles. The summed E-state index contributed by atoms with van der Waals surface area (Å²) in [5.74, 6) is 0. The summed E-state index contributed by atoms with van der Waals surface area (Å²) in [7, 11) is 0. The number of nitrogens with two attached hydrogens (primary N) is 1. The molecule has 3 aromatic rings. The Hall–Kier alpha value is -2.13. The zero-order valence-corrected chi connectivity index (χ0v) is 10.5. The predicted octanol–water partition coefficient (Wildman–Crippen LogP) is 4.06. The maximum atomic E-state index is 5.79. The summed E-state index contributed by atoms with van der Waals surface area (Å²) in [5.41, 5.74) is 9.75. The van der Waals surface area contributed by atoms with Gasteiger partial charge in [0.1, 0.15) is 5.01 Å². The van der Waals surface area contributed by atoms with Crippen LogP contribution in [0.15, 0.2) is 60.0 Å². The molecule has 0 atom stereocenters. The second-order valence-corrected chi connectivity index (χ2v) is 4.89. The Morgan fingerprint density at radius 2 is 1.67 bits per heavy atom. The predicted molar refractivity (Wildman–Crippen MR) is 77.4 cm³/mol. The van der Waals surface area contributed by atoms with E-state index in [9.17, 15) is 0 Å². The molecule has 2 nitrogen and oxygen atoms in total. The molecule has 3 heteroatoms. The molecule has 2 N–H and O–H groups in total. The van der Waals surface area contributed by atoms with Crippen molar-refractivity contribution < 1.29 is 0 Å². The average Bonchev–Trinajstić information content (AvgIpc) is 2.89. The number of benzene rings is 2. The summed E-state index contributed by atoms with van der Waals surface area (Å²) in [5, 5.41) is 3.10. The van der Waals surface area contributed by atoms with E-state index in [-0.39, 0.29) is 0 Å². The van der Waals surface area contributed by atoms with E-state index in [4.69, 9.17) is 5.73 Å². The molecule has 0 radical (unpaired) electrons. The van der Waals surface area contributed by atoms with Crippen molar-refractivity contribution in [1.82, 2.24) is 4.98 Å². The van der Waals surface area contributed by atoms with E-state index in [2.05, 4.69) is 22.5 Å². The van der Waals surface area contributed by atoms with Crippen LogP contribution in [0.1, 0.15) is 0 Å². The summed E-state index contributed by atoms with van der Waals surface area (Å²) in [6.45, 7) is 0. The number of hydrogen-bond donors (Lipinski definition) is 1. The molecule has 0 unspecified atom stereocenters. The van der Waals surface area contributed by atoms with Crippen LogP contribution in [0.3, 0.4) is 0 Å². The van der Waals surface area contributed by atoms with Crippen molar-refractivity contribution >= 4 is 17.0 Å². The maximum Gasteiger partial charge on any atom is 0.124 e. The van der Waals surface area contributed by atoms with Gasteiger partial charge in [0.05, 0.1) is 5.69 Å². The van der Waals surface area contributed by atoms with Gasteiger partial charge in [-0.15, -0.1) is 11.3 Å². The Kier molecular flexibility index (Phi) is 2.82. The van der Waals surface area contributed by atoms with Crippen molar-refractivity contribution in [3.05, 3.63) is 60.0 Å². The van der Waals surface area contributed by atoms with E-state index in [0.29, 0.717) is 0 Å². The van der Waals surface area contributed by atoms with Crippen molar-refractivity contribution in [2.75, 3.05) is 5.73 Å². The van der Waals surface area contributed by atoms with Crippen molar-refractivity contribution in [2.24, 2.45) is 0 Å². The molecule has 18 heavy (non-hydrogen) atoms. The van der Waals surface area contributed by atoms with Gasteiger partial charge < -0.3 is 5.73 Å². The van der Waals surface area contributed by atoms with E-state index in [1.165, 1.54) is 0 Å². The molecule has 2 aromatic carbocycles. The van der Waals surface area contributed by atoms with Crippen LogP contribution in [-0.2, 0) is 0 Å². The summed E-state index contributed by atoms with van der Waals surface area (Å²) >= 11 is 1.65. The van der Waals surface area contributed by atoms with Crippen molar-refractivity contribution in [3.8, 4) is 21.8 Å². The number of aromatic nitrogens is 1. The van der Waals surface area contributed by atoms with Gasteiger partial charge >= 0.3 is 0 Å². The SMILES string of the molecule is Nc1cccc(-c2csc(-c3ccccc3)n2)c1. The Bertz CT molecular complexity index is 659. The van der Waals surface area contributed by atoms with E-state index in [1.807, 2.05) is 42.5 Å². The van der Waals surface area contributed by atoms with E-state index in [1.54, 1.807) is 11.3 Å². The Balaban J connectivity index is 2.00. The molecule has 1 heterocycles. The second-order valence-electron chi connectivity index (χ2n) is 4.03. The van der Waals surface area contributed by atoms with E-state index in [0.717, 1.165) is 27.5 Å². The number of rotatable bonds is 2. The lowest BCUT2D eigenvalue weighted by molar-refractivity contribution is 1.40. The lowest BCUT2D eigenvalue weighted by atomic mass is 10.1. The van der Waals surface area contributed by atoms with Gasteiger partial charge in [-0.3, -0.25) is 0 Å². The third-order valence-electron chi connectivity index (χ3n) is 2.71. The monoisotopic (exact) mass is 252 g/mol. The summed E-state index contributed by atoms with van der Waals surface area (Å²) in [4.78, 5) is 4.65. The van der Waals surface area contributed by atoms with Crippen LogP contribution >= 0.6 is 11.3 Å². The number of anilines is 1. The van der Waals surface area contributed by atoms with Gasteiger partial charge in [0.25, 0.3) is 0 Å². The lowest BCUT2D eigenvalue weighted by Crippen LogP contribution is -1.85. The molecule has 88 valence electrons. The number of thiazole rings is 1. The van der Waals surface area contributed by atoms with Gasteiger partial charge in [-0.1, -0.05) is 42.5 Å². The third-order valence-corrected chi connectivity index (χ3v) is 3.60. The zero-order valence-electron chi connectivity index (χ0n) is 9.71. The van der Waals surface area contributed by atoms with Crippen molar-refractivity contribution in [3.63, 3.8) is 0 Å². The summed E-state index contributed by atoms with van der Waals surface area (Å²) in [6.07, 6.45) is 0. The molecule has 0 bridgehead atoms. The van der Waals surface area contributed by atoms with Crippen LogP contribution in [0.5, 0.6) is 0 Å². The lowest BCUT2D eigenvalue weighted by Gasteiger charge is -1.98. The molecule has 0 amide bonds. The molecule has 0 aliphatic rings. The molecule has 3 rings (SSSR count).